The number of hydrogen-bond donors (Lipinski definition) is 1. The second kappa shape index (κ2) is 7.04. The van der Waals surface area contributed by atoms with Gasteiger partial charge >= 0.3 is 5.97 Å². The standard InChI is InChI=1S/C13H17NO4S/c1-10(13(16)17)19(18)9-12(15)14(2)8-11-6-4-3-5-7-11/h3-7,10H,8-9H2,1-2H3,(H,16,17). The van der Waals surface area contributed by atoms with E-state index in [1.807, 2.05) is 30.3 Å². The minimum atomic E-state index is -1.69. The molecule has 0 aliphatic carbocycles. The highest BCUT2D eigenvalue weighted by molar-refractivity contribution is 7.87. The van der Waals surface area contributed by atoms with Gasteiger partial charge in [0.15, 0.2) is 0 Å². The van der Waals surface area contributed by atoms with Crippen LogP contribution in [0.4, 0.5) is 0 Å². The average molecular weight is 283 g/mol. The SMILES string of the molecule is CC(C(=O)O)S(=O)CC(=O)N(C)Cc1ccccc1. The zero-order valence-corrected chi connectivity index (χ0v) is 11.7. The van der Waals surface area contributed by atoms with Gasteiger partial charge in [0.25, 0.3) is 0 Å². The van der Waals surface area contributed by atoms with Gasteiger partial charge in [-0.05, 0) is 12.5 Å². The molecule has 0 aromatic heterocycles. The third-order valence-electron chi connectivity index (χ3n) is 2.70. The minimum absolute atomic E-state index is 0.267. The van der Waals surface area contributed by atoms with Crippen molar-refractivity contribution in [1.29, 1.82) is 0 Å². The quantitative estimate of drug-likeness (QED) is 0.840. The Labute approximate surface area is 114 Å². The second-order valence-corrected chi connectivity index (χ2v) is 6.00. The molecule has 0 heterocycles. The molecule has 1 aromatic rings. The topological polar surface area (TPSA) is 74.7 Å². The van der Waals surface area contributed by atoms with Gasteiger partial charge in [0.1, 0.15) is 11.0 Å². The molecule has 2 unspecified atom stereocenters. The van der Waals surface area contributed by atoms with Crippen molar-refractivity contribution in [3.8, 4) is 0 Å². The van der Waals surface area contributed by atoms with Gasteiger partial charge < -0.3 is 10.0 Å². The van der Waals surface area contributed by atoms with E-state index < -0.39 is 22.0 Å². The van der Waals surface area contributed by atoms with E-state index in [0.717, 1.165) is 5.56 Å². The predicted molar refractivity (Wildman–Crippen MR) is 73.0 cm³/mol. The number of amides is 1. The molecule has 0 saturated heterocycles. The summed E-state index contributed by atoms with van der Waals surface area (Å²) >= 11 is 0. The molecule has 1 rings (SSSR count). The lowest BCUT2D eigenvalue weighted by Crippen LogP contribution is -2.34. The summed E-state index contributed by atoms with van der Waals surface area (Å²) in [7, 11) is -0.0852. The number of carboxylic acids is 1. The first kappa shape index (κ1) is 15.4. The maximum atomic E-state index is 11.8. The molecule has 1 amide bonds. The van der Waals surface area contributed by atoms with Crippen molar-refractivity contribution in [2.24, 2.45) is 0 Å². The molecule has 1 N–H and O–H groups in total. The summed E-state index contributed by atoms with van der Waals surface area (Å²) in [5.41, 5.74) is 0.968. The van der Waals surface area contributed by atoms with E-state index >= 15 is 0 Å². The van der Waals surface area contributed by atoms with Crippen LogP contribution in [0.15, 0.2) is 30.3 Å². The van der Waals surface area contributed by atoms with Gasteiger partial charge in [0.05, 0.1) is 0 Å². The smallest absolute Gasteiger partial charge is 0.318 e. The Balaban J connectivity index is 2.54. The maximum absolute atomic E-state index is 11.8. The van der Waals surface area contributed by atoms with Crippen molar-refractivity contribution in [3.63, 3.8) is 0 Å². The molecule has 6 heteroatoms. The molecule has 0 fully saturated rings. The summed E-state index contributed by atoms with van der Waals surface area (Å²) in [6, 6.07) is 9.41. The largest absolute Gasteiger partial charge is 0.480 e. The summed E-state index contributed by atoms with van der Waals surface area (Å²) in [4.78, 5) is 23.9. The van der Waals surface area contributed by atoms with Gasteiger partial charge in [0.2, 0.25) is 5.91 Å². The lowest BCUT2D eigenvalue weighted by atomic mass is 10.2. The number of hydrogen-bond acceptors (Lipinski definition) is 3. The van der Waals surface area contributed by atoms with E-state index in [9.17, 15) is 13.8 Å². The summed E-state index contributed by atoms with van der Waals surface area (Å²) in [5.74, 6) is -1.75. The van der Waals surface area contributed by atoms with Crippen molar-refractivity contribution in [2.45, 2.75) is 18.7 Å². The fraction of sp³-hybridized carbons (Fsp3) is 0.385. The molecule has 0 aliphatic heterocycles. The first-order chi connectivity index (χ1) is 8.91. The summed E-state index contributed by atoms with van der Waals surface area (Å²) in [5, 5.41) is 7.69. The molecule has 2 atom stereocenters. The molecule has 5 nitrogen and oxygen atoms in total. The van der Waals surface area contributed by atoms with Crippen LogP contribution in [0.25, 0.3) is 0 Å². The first-order valence-electron chi connectivity index (χ1n) is 5.79. The molecule has 104 valence electrons. The molecular weight excluding hydrogens is 266 g/mol. The highest BCUT2D eigenvalue weighted by atomic mass is 32.2. The molecule has 1 aromatic carbocycles. The van der Waals surface area contributed by atoms with Crippen molar-refractivity contribution in [3.05, 3.63) is 35.9 Å². The van der Waals surface area contributed by atoms with Crippen molar-refractivity contribution >= 4 is 22.7 Å². The highest BCUT2D eigenvalue weighted by Gasteiger charge is 2.22. The van der Waals surface area contributed by atoms with Gasteiger partial charge in [-0.2, -0.15) is 0 Å². The number of aliphatic carboxylic acids is 1. The van der Waals surface area contributed by atoms with Crippen LogP contribution in [0.1, 0.15) is 12.5 Å². The Morgan fingerprint density at radius 2 is 1.89 bits per heavy atom. The van der Waals surface area contributed by atoms with E-state index in [1.165, 1.54) is 11.8 Å². The summed E-state index contributed by atoms with van der Waals surface area (Å²) in [6.45, 7) is 1.75. The van der Waals surface area contributed by atoms with E-state index in [4.69, 9.17) is 5.11 Å². The van der Waals surface area contributed by atoms with E-state index in [-0.39, 0.29) is 11.7 Å². The lowest BCUT2D eigenvalue weighted by Gasteiger charge is -2.17. The number of carboxylic acid groups (broad SMARTS) is 1. The zero-order chi connectivity index (χ0) is 14.4. The molecule has 0 radical (unpaired) electrons. The molecule has 0 saturated carbocycles. The minimum Gasteiger partial charge on any atom is -0.480 e. The zero-order valence-electron chi connectivity index (χ0n) is 10.9. The van der Waals surface area contributed by atoms with Crippen LogP contribution < -0.4 is 0 Å². The molecule has 0 spiro atoms. The van der Waals surface area contributed by atoms with E-state index in [1.54, 1.807) is 7.05 Å². The Hall–Kier alpha value is -1.69. The van der Waals surface area contributed by atoms with Crippen LogP contribution in [0.5, 0.6) is 0 Å². The number of carbonyl (C=O) groups is 2. The van der Waals surface area contributed by atoms with Crippen molar-refractivity contribution < 1.29 is 18.9 Å². The Morgan fingerprint density at radius 1 is 1.32 bits per heavy atom. The fourth-order valence-corrected chi connectivity index (χ4v) is 2.35. The van der Waals surface area contributed by atoms with Crippen LogP contribution in [0.3, 0.4) is 0 Å². The van der Waals surface area contributed by atoms with Crippen LogP contribution in [0.2, 0.25) is 0 Å². The molecule has 0 aliphatic rings. The van der Waals surface area contributed by atoms with Gasteiger partial charge in [-0.15, -0.1) is 0 Å². The number of carbonyl (C=O) groups excluding carboxylic acids is 1. The summed E-state index contributed by atoms with van der Waals surface area (Å²) < 4.78 is 11.6. The second-order valence-electron chi connectivity index (χ2n) is 4.24. The third kappa shape index (κ3) is 4.82. The van der Waals surface area contributed by atoms with E-state index in [2.05, 4.69) is 0 Å². The van der Waals surface area contributed by atoms with Crippen molar-refractivity contribution in [1.82, 2.24) is 4.90 Å². The van der Waals surface area contributed by atoms with Gasteiger partial charge in [-0.25, -0.2) is 0 Å². The fourth-order valence-electron chi connectivity index (χ4n) is 1.41. The molecule has 19 heavy (non-hydrogen) atoms. The summed E-state index contributed by atoms with van der Waals surface area (Å²) in [6.07, 6.45) is 0. The van der Waals surface area contributed by atoms with Crippen LogP contribution in [-0.4, -0.2) is 44.1 Å². The van der Waals surface area contributed by atoms with Gasteiger partial charge in [0, 0.05) is 24.4 Å². The number of benzene rings is 1. The van der Waals surface area contributed by atoms with E-state index in [0.29, 0.717) is 6.54 Å². The number of rotatable bonds is 6. The average Bonchev–Trinajstić information content (AvgIpc) is 2.38. The number of nitrogens with zero attached hydrogens (tertiary/aromatic N) is 1. The molecular formula is C13H17NO4S. The van der Waals surface area contributed by atoms with Crippen molar-refractivity contribution in [2.75, 3.05) is 12.8 Å². The molecule has 0 bridgehead atoms. The Kier molecular flexibility index (Phi) is 5.69. The predicted octanol–water partition coefficient (Wildman–Crippen LogP) is 0.867. The monoisotopic (exact) mass is 283 g/mol. The van der Waals surface area contributed by atoms with Gasteiger partial charge in [-0.1, -0.05) is 30.3 Å². The van der Waals surface area contributed by atoms with Gasteiger partial charge in [-0.3, -0.25) is 13.8 Å². The highest BCUT2D eigenvalue weighted by Crippen LogP contribution is 2.04. The van der Waals surface area contributed by atoms with Crippen LogP contribution in [-0.2, 0) is 26.9 Å². The first-order valence-corrected chi connectivity index (χ1v) is 7.18. The normalized spacial score (nSPS) is 13.6. The maximum Gasteiger partial charge on any atom is 0.318 e. The Bertz CT molecular complexity index is 475. The van der Waals surface area contributed by atoms with Crippen LogP contribution in [0, 0.1) is 0 Å². The lowest BCUT2D eigenvalue weighted by molar-refractivity contribution is -0.136. The third-order valence-corrected chi connectivity index (χ3v) is 4.22. The van der Waals surface area contributed by atoms with Crippen LogP contribution >= 0.6 is 0 Å². The Morgan fingerprint density at radius 3 is 2.42 bits per heavy atom.